The predicted molar refractivity (Wildman–Crippen MR) is 71.2 cm³/mol. The Bertz CT molecular complexity index is 515. The minimum atomic E-state index is -4.50. The van der Waals surface area contributed by atoms with Crippen molar-refractivity contribution < 1.29 is 17.6 Å². The van der Waals surface area contributed by atoms with E-state index < -0.39 is 17.6 Å². The number of rotatable bonds is 2. The molecule has 0 saturated carbocycles. The molecule has 2 fully saturated rings. The van der Waals surface area contributed by atoms with Gasteiger partial charge in [0.15, 0.2) is 0 Å². The summed E-state index contributed by atoms with van der Waals surface area (Å²) in [6, 6.07) is 3.19. The number of hydrogen-bond donors (Lipinski definition) is 1. The average Bonchev–Trinajstić information content (AvgIpc) is 2.86. The van der Waals surface area contributed by atoms with Crippen LogP contribution in [0.2, 0.25) is 0 Å². The second-order valence-corrected chi connectivity index (χ2v) is 5.94. The molecule has 2 atom stereocenters. The highest BCUT2D eigenvalue weighted by molar-refractivity contribution is 5.27. The van der Waals surface area contributed by atoms with Gasteiger partial charge in [0.2, 0.25) is 0 Å². The molecule has 3 rings (SSSR count). The van der Waals surface area contributed by atoms with Crippen LogP contribution in [0.3, 0.4) is 0 Å². The van der Waals surface area contributed by atoms with Crippen molar-refractivity contribution in [2.45, 2.75) is 31.6 Å². The van der Waals surface area contributed by atoms with Gasteiger partial charge in [0.1, 0.15) is 5.82 Å². The molecule has 1 aromatic carbocycles. The maximum absolute atomic E-state index is 13.4. The van der Waals surface area contributed by atoms with Crippen LogP contribution in [0.4, 0.5) is 17.6 Å². The average molecular weight is 302 g/mol. The molecule has 2 unspecified atom stereocenters. The number of benzene rings is 1. The van der Waals surface area contributed by atoms with Crippen LogP contribution in [0.5, 0.6) is 0 Å². The molecular formula is C15H18F4N2. The molecular weight excluding hydrogens is 284 g/mol. The van der Waals surface area contributed by atoms with Crippen LogP contribution in [-0.4, -0.2) is 30.6 Å². The van der Waals surface area contributed by atoms with Gasteiger partial charge in [0, 0.05) is 19.1 Å². The first-order valence-corrected chi connectivity index (χ1v) is 7.25. The highest BCUT2D eigenvalue weighted by Gasteiger charge is 2.35. The van der Waals surface area contributed by atoms with Crippen LogP contribution < -0.4 is 5.32 Å². The zero-order chi connectivity index (χ0) is 15.0. The van der Waals surface area contributed by atoms with Crippen molar-refractivity contribution in [3.05, 3.63) is 35.1 Å². The largest absolute Gasteiger partial charge is 0.416 e. The normalized spacial score (nSPS) is 26.9. The van der Waals surface area contributed by atoms with E-state index in [1.54, 1.807) is 0 Å². The summed E-state index contributed by atoms with van der Waals surface area (Å²) in [5.74, 6) is -0.257. The highest BCUT2D eigenvalue weighted by Crippen LogP contribution is 2.32. The number of piperidine rings is 1. The lowest BCUT2D eigenvalue weighted by Gasteiger charge is -2.37. The number of hydrogen-bond acceptors (Lipinski definition) is 2. The van der Waals surface area contributed by atoms with Gasteiger partial charge in [-0.3, -0.25) is 4.90 Å². The van der Waals surface area contributed by atoms with E-state index in [1.165, 1.54) is 6.07 Å². The van der Waals surface area contributed by atoms with Crippen molar-refractivity contribution in [3.63, 3.8) is 0 Å². The maximum atomic E-state index is 13.4. The minimum absolute atomic E-state index is 0.358. The molecule has 0 aromatic heterocycles. The van der Waals surface area contributed by atoms with Gasteiger partial charge >= 0.3 is 6.18 Å². The van der Waals surface area contributed by atoms with Crippen LogP contribution in [0.15, 0.2) is 18.2 Å². The first-order valence-electron chi connectivity index (χ1n) is 7.25. The lowest BCUT2D eigenvalue weighted by Crippen LogP contribution is -2.44. The Labute approximate surface area is 121 Å². The summed E-state index contributed by atoms with van der Waals surface area (Å²) in [5.41, 5.74) is -0.509. The Kier molecular flexibility index (Phi) is 3.92. The number of halogens is 4. The Hall–Kier alpha value is -1.14. The van der Waals surface area contributed by atoms with E-state index in [1.807, 2.05) is 0 Å². The zero-order valence-corrected chi connectivity index (χ0v) is 11.6. The Morgan fingerprint density at radius 2 is 2.00 bits per heavy atom. The summed E-state index contributed by atoms with van der Waals surface area (Å²) < 4.78 is 51.7. The van der Waals surface area contributed by atoms with E-state index in [0.29, 0.717) is 30.1 Å². The van der Waals surface area contributed by atoms with Gasteiger partial charge in [-0.2, -0.15) is 13.2 Å². The van der Waals surface area contributed by atoms with E-state index in [0.717, 1.165) is 38.5 Å². The Morgan fingerprint density at radius 3 is 2.76 bits per heavy atom. The maximum Gasteiger partial charge on any atom is 0.416 e. The van der Waals surface area contributed by atoms with Crippen LogP contribution >= 0.6 is 0 Å². The van der Waals surface area contributed by atoms with Gasteiger partial charge in [-0.1, -0.05) is 0 Å². The summed E-state index contributed by atoms with van der Waals surface area (Å²) in [6.45, 7) is 3.08. The van der Waals surface area contributed by atoms with Gasteiger partial charge < -0.3 is 5.32 Å². The lowest BCUT2D eigenvalue weighted by atomic mass is 9.91. The summed E-state index contributed by atoms with van der Waals surface area (Å²) in [6.07, 6.45) is -2.30. The van der Waals surface area contributed by atoms with Gasteiger partial charge in [-0.15, -0.1) is 0 Å². The fourth-order valence-corrected chi connectivity index (χ4v) is 3.50. The topological polar surface area (TPSA) is 15.3 Å². The number of nitrogens with one attached hydrogen (secondary N) is 1. The molecule has 0 amide bonds. The molecule has 0 radical (unpaired) electrons. The highest BCUT2D eigenvalue weighted by atomic mass is 19.4. The van der Waals surface area contributed by atoms with Crippen molar-refractivity contribution in [2.75, 3.05) is 19.6 Å². The van der Waals surface area contributed by atoms with Crippen LogP contribution in [0.25, 0.3) is 0 Å². The third-order valence-corrected chi connectivity index (χ3v) is 4.46. The third kappa shape index (κ3) is 3.21. The molecule has 1 N–H and O–H groups in total. The minimum Gasteiger partial charge on any atom is -0.315 e. The molecule has 0 spiro atoms. The van der Waals surface area contributed by atoms with Gasteiger partial charge in [-0.05, 0) is 55.6 Å². The summed E-state index contributed by atoms with van der Waals surface area (Å²) in [4.78, 5) is 2.18. The van der Waals surface area contributed by atoms with E-state index in [2.05, 4.69) is 10.2 Å². The van der Waals surface area contributed by atoms with Crippen molar-refractivity contribution in [1.29, 1.82) is 0 Å². The van der Waals surface area contributed by atoms with Crippen molar-refractivity contribution in [3.8, 4) is 0 Å². The van der Waals surface area contributed by atoms with Crippen LogP contribution in [-0.2, 0) is 12.7 Å². The smallest absolute Gasteiger partial charge is 0.315 e. The number of alkyl halides is 3. The fraction of sp³-hybridized carbons (Fsp3) is 0.600. The van der Waals surface area contributed by atoms with Crippen LogP contribution in [0.1, 0.15) is 24.0 Å². The molecule has 116 valence electrons. The Balaban J connectivity index is 1.79. The van der Waals surface area contributed by atoms with E-state index in [4.69, 9.17) is 0 Å². The molecule has 6 heteroatoms. The first-order chi connectivity index (χ1) is 9.93. The predicted octanol–water partition coefficient (Wildman–Crippen LogP) is 3.03. The van der Waals surface area contributed by atoms with Crippen molar-refractivity contribution in [1.82, 2.24) is 10.2 Å². The van der Waals surface area contributed by atoms with Crippen molar-refractivity contribution in [2.24, 2.45) is 5.92 Å². The molecule has 1 aromatic rings. The van der Waals surface area contributed by atoms with Crippen molar-refractivity contribution >= 4 is 0 Å². The second-order valence-electron chi connectivity index (χ2n) is 5.94. The summed E-state index contributed by atoms with van der Waals surface area (Å²) in [5, 5.41) is 3.33. The summed E-state index contributed by atoms with van der Waals surface area (Å²) in [7, 11) is 0. The van der Waals surface area contributed by atoms with E-state index >= 15 is 0 Å². The van der Waals surface area contributed by atoms with Gasteiger partial charge in [0.05, 0.1) is 5.56 Å². The zero-order valence-electron chi connectivity index (χ0n) is 11.6. The van der Waals surface area contributed by atoms with Gasteiger partial charge in [0.25, 0.3) is 0 Å². The molecule has 2 aliphatic heterocycles. The van der Waals surface area contributed by atoms with E-state index in [-0.39, 0.29) is 0 Å². The van der Waals surface area contributed by atoms with Gasteiger partial charge in [-0.25, -0.2) is 4.39 Å². The molecule has 0 bridgehead atoms. The lowest BCUT2D eigenvalue weighted by molar-refractivity contribution is -0.137. The standard InChI is InChI=1S/C15H18F4N2/c16-13-5-10(4-12(6-13)15(17,18)19)9-21-3-1-2-11-7-20-8-14(11)21/h4-6,11,14,20H,1-3,7-9H2. The molecule has 2 nitrogen and oxygen atoms in total. The monoisotopic (exact) mass is 302 g/mol. The molecule has 0 aliphatic carbocycles. The molecule has 21 heavy (non-hydrogen) atoms. The molecule has 2 aliphatic rings. The molecule has 2 heterocycles. The molecule has 2 saturated heterocycles. The van der Waals surface area contributed by atoms with E-state index in [9.17, 15) is 17.6 Å². The first kappa shape index (κ1) is 14.8. The summed E-state index contributed by atoms with van der Waals surface area (Å²) >= 11 is 0. The number of likely N-dealkylation sites (tertiary alicyclic amines) is 1. The number of fused-ring (bicyclic) bond motifs is 1. The number of nitrogens with zero attached hydrogens (tertiary/aromatic N) is 1. The SMILES string of the molecule is Fc1cc(CN2CCCC3CNCC32)cc(C(F)(F)F)c1. The quantitative estimate of drug-likeness (QED) is 0.845. The third-order valence-electron chi connectivity index (χ3n) is 4.46. The fourth-order valence-electron chi connectivity index (χ4n) is 3.50. The second kappa shape index (κ2) is 5.57. The Morgan fingerprint density at radius 1 is 1.19 bits per heavy atom. The van der Waals surface area contributed by atoms with Crippen LogP contribution in [0, 0.1) is 11.7 Å².